The normalized spacial score (nSPS) is 18.0. The number of carbonyl (C=O) groups is 1. The molecule has 3 rings (SSSR count). The zero-order chi connectivity index (χ0) is 16.1. The molecule has 8 heteroatoms. The van der Waals surface area contributed by atoms with Crippen molar-refractivity contribution in [3.05, 3.63) is 30.4 Å². The summed E-state index contributed by atoms with van der Waals surface area (Å²) < 4.78 is 5.14. The van der Waals surface area contributed by atoms with E-state index in [2.05, 4.69) is 20.4 Å². The number of hydrogen-bond donors (Lipinski definition) is 2. The Morgan fingerprint density at radius 1 is 1.52 bits per heavy atom. The minimum absolute atomic E-state index is 0.113. The van der Waals surface area contributed by atoms with Gasteiger partial charge in [0.1, 0.15) is 0 Å². The molecule has 1 unspecified atom stereocenters. The molecule has 0 spiro atoms. The number of pyridine rings is 1. The number of carbonyl (C=O) groups excluding carboxylic acids is 1. The lowest BCUT2D eigenvalue weighted by Gasteiger charge is -2.31. The lowest BCUT2D eigenvalue weighted by Crippen LogP contribution is -2.45. The Kier molecular flexibility index (Phi) is 4.82. The van der Waals surface area contributed by atoms with Crippen LogP contribution >= 0.6 is 0 Å². The molecule has 0 aliphatic carbocycles. The predicted molar refractivity (Wildman–Crippen MR) is 81.1 cm³/mol. The summed E-state index contributed by atoms with van der Waals surface area (Å²) in [6.45, 7) is 1.56. The van der Waals surface area contributed by atoms with E-state index in [1.54, 1.807) is 23.4 Å². The van der Waals surface area contributed by atoms with Crippen molar-refractivity contribution >= 4 is 6.03 Å². The molecule has 1 fully saturated rings. The topological polar surface area (TPSA) is 104 Å². The van der Waals surface area contributed by atoms with Gasteiger partial charge in [-0.25, -0.2) is 4.79 Å². The fourth-order valence-corrected chi connectivity index (χ4v) is 2.60. The first-order valence-corrected chi connectivity index (χ1v) is 7.63. The number of urea groups is 1. The Labute approximate surface area is 133 Å². The molecule has 8 nitrogen and oxygen atoms in total. The number of nitrogens with one attached hydrogen (secondary N) is 1. The largest absolute Gasteiger partial charge is 0.396 e. The molecule has 1 saturated heterocycles. The second-order valence-electron chi connectivity index (χ2n) is 5.55. The highest BCUT2D eigenvalue weighted by atomic mass is 16.5. The summed E-state index contributed by atoms with van der Waals surface area (Å²) in [5.74, 6) is 0.948. The van der Waals surface area contributed by atoms with Gasteiger partial charge in [0.15, 0.2) is 0 Å². The molecular weight excluding hydrogens is 298 g/mol. The molecule has 0 saturated carbocycles. The number of rotatable bonds is 4. The van der Waals surface area contributed by atoms with Gasteiger partial charge in [0, 0.05) is 37.7 Å². The Morgan fingerprint density at radius 2 is 2.43 bits per heavy atom. The molecular formula is C15H19N5O3. The fraction of sp³-hybridized carbons (Fsp3) is 0.467. The third-order valence-electron chi connectivity index (χ3n) is 3.84. The van der Waals surface area contributed by atoms with Gasteiger partial charge in [-0.15, -0.1) is 0 Å². The van der Waals surface area contributed by atoms with E-state index < -0.39 is 0 Å². The molecule has 2 N–H and O–H groups in total. The standard InChI is InChI=1S/C15H19N5O3/c21-10-11-3-2-6-20(9-11)15(22)17-8-13-18-14(19-23-13)12-4-1-5-16-7-12/h1,4-5,7,11,21H,2-3,6,8-10H2,(H,17,22). The van der Waals surface area contributed by atoms with Crippen molar-refractivity contribution in [3.63, 3.8) is 0 Å². The minimum atomic E-state index is -0.177. The summed E-state index contributed by atoms with van der Waals surface area (Å²) in [6, 6.07) is 3.45. The van der Waals surface area contributed by atoms with Gasteiger partial charge < -0.3 is 19.8 Å². The number of likely N-dealkylation sites (tertiary alicyclic amines) is 1. The van der Waals surface area contributed by atoms with Crippen LogP contribution in [-0.2, 0) is 6.54 Å². The molecule has 2 aromatic heterocycles. The number of aliphatic hydroxyl groups excluding tert-OH is 1. The maximum absolute atomic E-state index is 12.1. The first kappa shape index (κ1) is 15.4. The van der Waals surface area contributed by atoms with E-state index in [0.29, 0.717) is 24.8 Å². The molecule has 0 aromatic carbocycles. The SMILES string of the molecule is O=C(NCc1nc(-c2cccnc2)no1)N1CCCC(CO)C1. The van der Waals surface area contributed by atoms with Gasteiger partial charge in [0.05, 0.1) is 6.54 Å². The molecule has 122 valence electrons. The summed E-state index contributed by atoms with van der Waals surface area (Å²) in [5.41, 5.74) is 0.760. The Morgan fingerprint density at radius 3 is 3.22 bits per heavy atom. The Hall–Kier alpha value is -2.48. The van der Waals surface area contributed by atoms with Gasteiger partial charge in [-0.05, 0) is 30.9 Å². The highest BCUT2D eigenvalue weighted by Crippen LogP contribution is 2.16. The van der Waals surface area contributed by atoms with Crippen molar-refractivity contribution in [2.45, 2.75) is 19.4 Å². The first-order valence-electron chi connectivity index (χ1n) is 7.63. The number of hydrogen-bond acceptors (Lipinski definition) is 6. The predicted octanol–water partition coefficient (Wildman–Crippen LogP) is 1.05. The molecule has 1 aliphatic heterocycles. The number of aliphatic hydroxyl groups is 1. The number of aromatic nitrogens is 3. The molecule has 2 amide bonds. The van der Waals surface area contributed by atoms with E-state index in [1.165, 1.54) is 0 Å². The van der Waals surface area contributed by atoms with Crippen molar-refractivity contribution in [2.75, 3.05) is 19.7 Å². The van der Waals surface area contributed by atoms with Crippen molar-refractivity contribution in [1.82, 2.24) is 25.3 Å². The average Bonchev–Trinajstić information content (AvgIpc) is 3.09. The summed E-state index contributed by atoms with van der Waals surface area (Å²) in [5, 5.41) is 15.9. The van der Waals surface area contributed by atoms with Crippen LogP contribution in [0.1, 0.15) is 18.7 Å². The van der Waals surface area contributed by atoms with E-state index >= 15 is 0 Å². The fourth-order valence-electron chi connectivity index (χ4n) is 2.60. The van der Waals surface area contributed by atoms with E-state index in [0.717, 1.165) is 18.4 Å². The number of nitrogens with zero attached hydrogens (tertiary/aromatic N) is 4. The zero-order valence-electron chi connectivity index (χ0n) is 12.7. The molecule has 0 radical (unpaired) electrons. The summed E-state index contributed by atoms with van der Waals surface area (Å²) in [4.78, 5) is 22.1. The van der Waals surface area contributed by atoms with Gasteiger partial charge >= 0.3 is 6.03 Å². The van der Waals surface area contributed by atoms with Crippen LogP contribution in [0, 0.1) is 5.92 Å². The lowest BCUT2D eigenvalue weighted by molar-refractivity contribution is 0.129. The molecule has 23 heavy (non-hydrogen) atoms. The minimum Gasteiger partial charge on any atom is -0.396 e. The third kappa shape index (κ3) is 3.84. The second kappa shape index (κ2) is 7.19. The van der Waals surface area contributed by atoms with Gasteiger partial charge in [-0.3, -0.25) is 4.98 Å². The molecule has 1 aliphatic rings. The van der Waals surface area contributed by atoms with E-state index in [4.69, 9.17) is 4.52 Å². The average molecular weight is 317 g/mol. The third-order valence-corrected chi connectivity index (χ3v) is 3.84. The summed E-state index contributed by atoms with van der Waals surface area (Å²) >= 11 is 0. The highest BCUT2D eigenvalue weighted by Gasteiger charge is 2.23. The van der Waals surface area contributed by atoms with Crippen molar-refractivity contribution in [3.8, 4) is 11.4 Å². The maximum Gasteiger partial charge on any atom is 0.317 e. The van der Waals surface area contributed by atoms with Crippen LogP contribution in [0.15, 0.2) is 29.0 Å². The number of amides is 2. The van der Waals surface area contributed by atoms with Crippen LogP contribution in [-0.4, -0.2) is 50.9 Å². The molecule has 3 heterocycles. The smallest absolute Gasteiger partial charge is 0.317 e. The van der Waals surface area contributed by atoms with Gasteiger partial charge in [-0.2, -0.15) is 4.98 Å². The monoisotopic (exact) mass is 317 g/mol. The molecule has 2 aromatic rings. The number of piperidine rings is 1. The van der Waals surface area contributed by atoms with Crippen LogP contribution in [0.3, 0.4) is 0 Å². The first-order chi connectivity index (χ1) is 11.3. The van der Waals surface area contributed by atoms with Crippen molar-refractivity contribution in [1.29, 1.82) is 0 Å². The molecule has 0 bridgehead atoms. The van der Waals surface area contributed by atoms with Gasteiger partial charge in [-0.1, -0.05) is 5.16 Å². The van der Waals surface area contributed by atoms with Crippen LogP contribution in [0.2, 0.25) is 0 Å². The van der Waals surface area contributed by atoms with E-state index in [9.17, 15) is 9.90 Å². The molecule has 1 atom stereocenters. The van der Waals surface area contributed by atoms with E-state index in [-0.39, 0.29) is 25.1 Å². The van der Waals surface area contributed by atoms with E-state index in [1.807, 2.05) is 6.07 Å². The summed E-state index contributed by atoms with van der Waals surface area (Å²) in [7, 11) is 0. The highest BCUT2D eigenvalue weighted by molar-refractivity contribution is 5.74. The Balaban J connectivity index is 1.54. The Bertz CT molecular complexity index is 646. The lowest BCUT2D eigenvalue weighted by atomic mass is 9.99. The van der Waals surface area contributed by atoms with Crippen LogP contribution in [0.25, 0.3) is 11.4 Å². The van der Waals surface area contributed by atoms with Gasteiger partial charge in [0.2, 0.25) is 11.7 Å². The zero-order valence-corrected chi connectivity index (χ0v) is 12.7. The van der Waals surface area contributed by atoms with Crippen molar-refractivity contribution < 1.29 is 14.4 Å². The van der Waals surface area contributed by atoms with Crippen LogP contribution in [0.4, 0.5) is 4.79 Å². The summed E-state index contributed by atoms with van der Waals surface area (Å²) in [6.07, 6.45) is 5.18. The van der Waals surface area contributed by atoms with Gasteiger partial charge in [0.25, 0.3) is 0 Å². The second-order valence-corrected chi connectivity index (χ2v) is 5.55. The van der Waals surface area contributed by atoms with Crippen LogP contribution < -0.4 is 5.32 Å². The van der Waals surface area contributed by atoms with Crippen molar-refractivity contribution in [2.24, 2.45) is 5.92 Å². The quantitative estimate of drug-likeness (QED) is 0.873. The van der Waals surface area contributed by atoms with Crippen LogP contribution in [0.5, 0.6) is 0 Å². The maximum atomic E-state index is 12.1.